The van der Waals surface area contributed by atoms with E-state index in [9.17, 15) is 9.59 Å². The Morgan fingerprint density at radius 2 is 1.48 bits per heavy atom. The molecule has 0 atom stereocenters. The van der Waals surface area contributed by atoms with Crippen LogP contribution < -0.4 is 5.32 Å². The number of carbonyl (C=O) groups excluding carboxylic acids is 2. The Balaban J connectivity index is 1.79. The monoisotopic (exact) mass is 332 g/mol. The third-order valence-electron chi connectivity index (χ3n) is 4.19. The summed E-state index contributed by atoms with van der Waals surface area (Å²) in [6.45, 7) is 5.61. The van der Waals surface area contributed by atoms with E-state index in [1.54, 1.807) is 36.4 Å². The zero-order valence-corrected chi connectivity index (χ0v) is 14.5. The highest BCUT2D eigenvalue weighted by Gasteiger charge is 2.09. The zero-order valence-electron chi connectivity index (χ0n) is 14.5. The molecule has 0 saturated heterocycles. The molecule has 0 bridgehead atoms. The molecule has 1 aromatic heterocycles. The fourth-order valence-electron chi connectivity index (χ4n) is 2.86. The summed E-state index contributed by atoms with van der Waals surface area (Å²) in [6, 6.07) is 18.5. The number of ketones is 1. The van der Waals surface area contributed by atoms with Crippen LogP contribution in [-0.4, -0.2) is 16.3 Å². The van der Waals surface area contributed by atoms with Crippen LogP contribution in [0.2, 0.25) is 0 Å². The SMILES string of the molecule is CC(=O)c1cccc(NC(=O)c2ccc(-n3c(C)ccc3C)cc2)c1. The lowest BCUT2D eigenvalue weighted by Gasteiger charge is -2.11. The standard InChI is InChI=1S/C21H20N2O2/c1-14-7-8-15(2)23(14)20-11-9-17(10-12-20)21(25)22-19-6-4-5-18(13-19)16(3)24/h4-13H,1-3H3,(H,22,25). The molecule has 0 spiro atoms. The molecule has 1 amide bonds. The molecule has 2 aromatic carbocycles. The van der Waals surface area contributed by atoms with Gasteiger partial charge in [0.1, 0.15) is 0 Å². The van der Waals surface area contributed by atoms with Crippen LogP contribution in [0.25, 0.3) is 5.69 Å². The molecule has 25 heavy (non-hydrogen) atoms. The number of hydrogen-bond donors (Lipinski definition) is 1. The normalized spacial score (nSPS) is 10.5. The van der Waals surface area contributed by atoms with Crippen molar-refractivity contribution in [1.29, 1.82) is 0 Å². The van der Waals surface area contributed by atoms with Gasteiger partial charge in [-0.15, -0.1) is 0 Å². The first-order valence-corrected chi connectivity index (χ1v) is 8.13. The van der Waals surface area contributed by atoms with Crippen molar-refractivity contribution < 1.29 is 9.59 Å². The van der Waals surface area contributed by atoms with E-state index in [0.29, 0.717) is 16.8 Å². The molecular formula is C21H20N2O2. The van der Waals surface area contributed by atoms with Crippen LogP contribution >= 0.6 is 0 Å². The largest absolute Gasteiger partial charge is 0.322 e. The van der Waals surface area contributed by atoms with E-state index in [0.717, 1.165) is 17.1 Å². The summed E-state index contributed by atoms with van der Waals surface area (Å²) in [6.07, 6.45) is 0. The molecule has 4 nitrogen and oxygen atoms in total. The number of aromatic nitrogens is 1. The predicted molar refractivity (Wildman–Crippen MR) is 99.6 cm³/mol. The van der Waals surface area contributed by atoms with Crippen molar-refractivity contribution in [2.45, 2.75) is 20.8 Å². The smallest absolute Gasteiger partial charge is 0.255 e. The summed E-state index contributed by atoms with van der Waals surface area (Å²) in [5, 5.41) is 2.83. The molecule has 3 rings (SSSR count). The molecule has 0 fully saturated rings. The summed E-state index contributed by atoms with van der Waals surface area (Å²) in [5.74, 6) is -0.230. The number of amides is 1. The van der Waals surface area contributed by atoms with E-state index in [1.807, 2.05) is 12.1 Å². The van der Waals surface area contributed by atoms with E-state index < -0.39 is 0 Å². The first-order valence-electron chi connectivity index (χ1n) is 8.13. The highest BCUT2D eigenvalue weighted by atomic mass is 16.1. The number of anilines is 1. The van der Waals surface area contributed by atoms with Crippen molar-refractivity contribution in [2.24, 2.45) is 0 Å². The first kappa shape index (κ1) is 16.7. The molecule has 1 N–H and O–H groups in total. The van der Waals surface area contributed by atoms with Gasteiger partial charge in [0.05, 0.1) is 0 Å². The number of rotatable bonds is 4. The molecule has 0 radical (unpaired) electrons. The van der Waals surface area contributed by atoms with Crippen molar-refractivity contribution >= 4 is 17.4 Å². The molecule has 0 saturated carbocycles. The average Bonchev–Trinajstić information content (AvgIpc) is 2.94. The van der Waals surface area contributed by atoms with Crippen molar-refractivity contribution in [3.63, 3.8) is 0 Å². The van der Waals surface area contributed by atoms with Crippen LogP contribution in [0.3, 0.4) is 0 Å². The minimum Gasteiger partial charge on any atom is -0.322 e. The van der Waals surface area contributed by atoms with Crippen LogP contribution in [0.4, 0.5) is 5.69 Å². The molecular weight excluding hydrogens is 312 g/mol. The average molecular weight is 332 g/mol. The number of nitrogens with one attached hydrogen (secondary N) is 1. The number of benzene rings is 2. The Bertz CT molecular complexity index is 917. The Morgan fingerprint density at radius 1 is 0.840 bits per heavy atom. The minimum absolute atomic E-state index is 0.0297. The summed E-state index contributed by atoms with van der Waals surface area (Å²) in [4.78, 5) is 23.9. The minimum atomic E-state index is -0.201. The predicted octanol–water partition coefficient (Wildman–Crippen LogP) is 4.55. The van der Waals surface area contributed by atoms with E-state index in [4.69, 9.17) is 0 Å². The van der Waals surface area contributed by atoms with Crippen molar-refractivity contribution in [1.82, 2.24) is 4.57 Å². The highest BCUT2D eigenvalue weighted by Crippen LogP contribution is 2.18. The quantitative estimate of drug-likeness (QED) is 0.713. The maximum Gasteiger partial charge on any atom is 0.255 e. The highest BCUT2D eigenvalue weighted by molar-refractivity contribution is 6.05. The van der Waals surface area contributed by atoms with Gasteiger partial charge in [-0.3, -0.25) is 9.59 Å². The number of aryl methyl sites for hydroxylation is 2. The van der Waals surface area contributed by atoms with Crippen molar-refractivity contribution in [3.05, 3.63) is 83.2 Å². The third-order valence-corrected chi connectivity index (χ3v) is 4.19. The number of nitrogens with zero attached hydrogens (tertiary/aromatic N) is 1. The van der Waals surface area contributed by atoms with Gasteiger partial charge in [-0.05, 0) is 69.3 Å². The molecule has 1 heterocycles. The maximum atomic E-state index is 12.4. The summed E-state index contributed by atoms with van der Waals surface area (Å²) in [5.41, 5.74) is 5.08. The molecule has 126 valence electrons. The van der Waals surface area contributed by atoms with E-state index in [1.165, 1.54) is 6.92 Å². The van der Waals surface area contributed by atoms with Gasteiger partial charge in [-0.2, -0.15) is 0 Å². The van der Waals surface area contributed by atoms with Crippen LogP contribution in [-0.2, 0) is 0 Å². The molecule has 3 aromatic rings. The second-order valence-electron chi connectivity index (χ2n) is 6.09. The fraction of sp³-hybridized carbons (Fsp3) is 0.143. The lowest BCUT2D eigenvalue weighted by Crippen LogP contribution is -2.12. The van der Waals surface area contributed by atoms with Crippen LogP contribution in [0.1, 0.15) is 39.0 Å². The van der Waals surface area contributed by atoms with Crippen molar-refractivity contribution in [2.75, 3.05) is 5.32 Å². The van der Waals surface area contributed by atoms with Crippen LogP contribution in [0, 0.1) is 13.8 Å². The molecule has 0 aliphatic carbocycles. The molecule has 0 unspecified atom stereocenters. The van der Waals surface area contributed by atoms with E-state index >= 15 is 0 Å². The van der Waals surface area contributed by atoms with Gasteiger partial charge in [0.2, 0.25) is 0 Å². The summed E-state index contributed by atoms with van der Waals surface area (Å²) < 4.78 is 2.14. The van der Waals surface area contributed by atoms with Crippen molar-refractivity contribution in [3.8, 4) is 5.69 Å². The zero-order chi connectivity index (χ0) is 18.0. The molecule has 0 aliphatic heterocycles. The Morgan fingerprint density at radius 3 is 2.08 bits per heavy atom. The second-order valence-corrected chi connectivity index (χ2v) is 6.09. The van der Waals surface area contributed by atoms with E-state index in [2.05, 4.69) is 35.9 Å². The fourth-order valence-corrected chi connectivity index (χ4v) is 2.86. The van der Waals surface area contributed by atoms with Gasteiger partial charge < -0.3 is 9.88 Å². The van der Waals surface area contributed by atoms with Gasteiger partial charge in [-0.1, -0.05) is 12.1 Å². The number of hydrogen-bond acceptors (Lipinski definition) is 2. The maximum absolute atomic E-state index is 12.4. The lowest BCUT2D eigenvalue weighted by atomic mass is 10.1. The Hall–Kier alpha value is -3.14. The van der Waals surface area contributed by atoms with E-state index in [-0.39, 0.29) is 11.7 Å². The summed E-state index contributed by atoms with van der Waals surface area (Å²) in [7, 11) is 0. The topological polar surface area (TPSA) is 51.1 Å². The van der Waals surface area contributed by atoms with Gasteiger partial charge in [0.25, 0.3) is 5.91 Å². The lowest BCUT2D eigenvalue weighted by molar-refractivity contribution is 0.101. The van der Waals surface area contributed by atoms with Crippen LogP contribution in [0.5, 0.6) is 0 Å². The molecule has 4 heteroatoms. The number of Topliss-reactive ketones (excluding diaryl/α,β-unsaturated/α-hetero) is 1. The number of carbonyl (C=O) groups is 2. The Kier molecular flexibility index (Phi) is 4.52. The summed E-state index contributed by atoms with van der Waals surface area (Å²) >= 11 is 0. The third kappa shape index (κ3) is 3.53. The second kappa shape index (κ2) is 6.77. The van der Waals surface area contributed by atoms with Gasteiger partial charge in [0.15, 0.2) is 5.78 Å². The van der Waals surface area contributed by atoms with Gasteiger partial charge in [-0.25, -0.2) is 0 Å². The Labute approximate surface area is 147 Å². The van der Waals surface area contributed by atoms with Gasteiger partial charge >= 0.3 is 0 Å². The molecule has 0 aliphatic rings. The van der Waals surface area contributed by atoms with Gasteiger partial charge in [0, 0.05) is 33.9 Å². The van der Waals surface area contributed by atoms with Crippen LogP contribution in [0.15, 0.2) is 60.7 Å². The first-order chi connectivity index (χ1) is 12.0.